The zero-order valence-corrected chi connectivity index (χ0v) is 24.8. The van der Waals surface area contributed by atoms with Crippen LogP contribution in [0.2, 0.25) is 5.04 Å². The molecule has 0 unspecified atom stereocenters. The molecule has 1 aliphatic rings. The van der Waals surface area contributed by atoms with Gasteiger partial charge in [-0.1, -0.05) is 87.5 Å². The zero-order valence-electron chi connectivity index (χ0n) is 23.8. The van der Waals surface area contributed by atoms with Gasteiger partial charge >= 0.3 is 14.3 Å². The Kier molecular flexibility index (Phi) is 7.68. The number of fused-ring (bicyclic) bond motifs is 1. The highest BCUT2D eigenvalue weighted by atomic mass is 28.4. The van der Waals surface area contributed by atoms with E-state index in [2.05, 4.69) is 79.3 Å². The third-order valence-electron chi connectivity index (χ3n) is 7.40. The van der Waals surface area contributed by atoms with Gasteiger partial charge in [-0.05, 0) is 40.0 Å². The first-order valence-electron chi connectivity index (χ1n) is 13.4. The van der Waals surface area contributed by atoms with Gasteiger partial charge < -0.3 is 23.7 Å². The highest BCUT2D eigenvalue weighted by Gasteiger charge is 2.53. The number of hydrogen-bond acceptors (Lipinski definition) is 7. The SMILES string of the molecule is COc1nc(OC)c2cc(C)cc([C@H]3C=C(O[Si](c4ccccc4)(c4ccccc4)C(C)(C)C)[C@@H](CO)O3)c2n1. The number of nitrogens with zero attached hydrogens (tertiary/aromatic N) is 2. The maximum atomic E-state index is 10.5. The van der Waals surface area contributed by atoms with Gasteiger partial charge in [0.25, 0.3) is 0 Å². The van der Waals surface area contributed by atoms with Gasteiger partial charge in [-0.15, -0.1) is 0 Å². The van der Waals surface area contributed by atoms with E-state index in [9.17, 15) is 5.11 Å². The van der Waals surface area contributed by atoms with Crippen molar-refractivity contribution in [3.8, 4) is 11.9 Å². The van der Waals surface area contributed by atoms with Gasteiger partial charge in [0.1, 0.15) is 18.0 Å². The first-order chi connectivity index (χ1) is 19.2. The molecule has 0 aliphatic carbocycles. The Hall–Kier alpha value is -3.72. The number of aryl methyl sites for hydroxylation is 1. The Bertz CT molecular complexity index is 1480. The average molecular weight is 557 g/mol. The summed E-state index contributed by atoms with van der Waals surface area (Å²) in [6.07, 6.45) is 0.847. The van der Waals surface area contributed by atoms with Crippen LogP contribution in [0.1, 0.15) is 38.0 Å². The first kappa shape index (κ1) is 27.8. The first-order valence-corrected chi connectivity index (χ1v) is 15.3. The lowest BCUT2D eigenvalue weighted by Gasteiger charge is -2.43. The van der Waals surface area contributed by atoms with E-state index >= 15 is 0 Å². The highest BCUT2D eigenvalue weighted by Crippen LogP contribution is 2.43. The van der Waals surface area contributed by atoms with Gasteiger partial charge in [0.15, 0.2) is 0 Å². The van der Waals surface area contributed by atoms with Gasteiger partial charge in [-0.25, -0.2) is 0 Å². The fourth-order valence-electron chi connectivity index (χ4n) is 5.59. The molecule has 1 aromatic heterocycles. The standard InChI is InChI=1S/C32H36N2O5Si/c1-21-17-24(29-25(18-21)30(36-5)34-31(33-29)37-6)26-19-27(28(20-35)38-26)39-40(32(2,3)4,22-13-9-7-10-14-22)23-15-11-8-12-16-23/h7-19,26,28,35H,20H2,1-6H3/t26-,28-/m1/s1. The molecule has 7 nitrogen and oxygen atoms in total. The topological polar surface area (TPSA) is 82.9 Å². The number of rotatable bonds is 8. The summed E-state index contributed by atoms with van der Waals surface area (Å²) in [5.41, 5.74) is 2.50. The summed E-state index contributed by atoms with van der Waals surface area (Å²) in [6, 6.07) is 25.1. The van der Waals surface area contributed by atoms with Crippen molar-refractivity contribution in [1.82, 2.24) is 9.97 Å². The maximum Gasteiger partial charge on any atom is 0.320 e. The molecule has 1 N–H and O–H groups in total. The van der Waals surface area contributed by atoms with Crippen molar-refractivity contribution < 1.29 is 23.7 Å². The summed E-state index contributed by atoms with van der Waals surface area (Å²) >= 11 is 0. The van der Waals surface area contributed by atoms with E-state index in [0.717, 1.165) is 26.9 Å². The lowest BCUT2D eigenvalue weighted by atomic mass is 10.0. The van der Waals surface area contributed by atoms with Crippen molar-refractivity contribution in [2.45, 2.75) is 44.9 Å². The van der Waals surface area contributed by atoms with Gasteiger partial charge in [-0.2, -0.15) is 9.97 Å². The van der Waals surface area contributed by atoms with Crippen LogP contribution in [0.5, 0.6) is 11.9 Å². The van der Waals surface area contributed by atoms with E-state index < -0.39 is 20.5 Å². The Labute approximate surface area is 236 Å². The van der Waals surface area contributed by atoms with Crippen LogP contribution in [0, 0.1) is 6.92 Å². The Balaban J connectivity index is 1.68. The number of aliphatic hydroxyl groups excluding tert-OH is 1. The van der Waals surface area contributed by atoms with E-state index in [1.807, 2.05) is 37.3 Å². The predicted molar refractivity (Wildman–Crippen MR) is 159 cm³/mol. The molecule has 0 spiro atoms. The molecule has 0 radical (unpaired) electrons. The largest absolute Gasteiger partial charge is 0.535 e. The summed E-state index contributed by atoms with van der Waals surface area (Å²) in [4.78, 5) is 9.02. The third-order valence-corrected chi connectivity index (χ3v) is 12.3. The van der Waals surface area contributed by atoms with Crippen molar-refractivity contribution in [2.24, 2.45) is 0 Å². The van der Waals surface area contributed by atoms with Gasteiger partial charge in [0.05, 0.1) is 31.7 Å². The van der Waals surface area contributed by atoms with Crippen LogP contribution in [0.3, 0.4) is 0 Å². The zero-order chi connectivity index (χ0) is 28.5. The second-order valence-electron chi connectivity index (χ2n) is 11.0. The molecule has 0 fully saturated rings. The molecule has 208 valence electrons. The molecule has 40 heavy (non-hydrogen) atoms. The van der Waals surface area contributed by atoms with E-state index in [-0.39, 0.29) is 17.7 Å². The minimum Gasteiger partial charge on any atom is -0.535 e. The van der Waals surface area contributed by atoms with E-state index in [0.29, 0.717) is 17.2 Å². The monoisotopic (exact) mass is 556 g/mol. The molecule has 0 bridgehead atoms. The Morgan fingerprint density at radius 3 is 2.05 bits per heavy atom. The molecule has 8 heteroatoms. The van der Waals surface area contributed by atoms with Gasteiger partial charge in [-0.3, -0.25) is 0 Å². The Morgan fingerprint density at radius 2 is 1.52 bits per heavy atom. The fourth-order valence-corrected chi connectivity index (χ4v) is 10.1. The second kappa shape index (κ2) is 11.0. The number of aromatic nitrogens is 2. The van der Waals surface area contributed by atoms with Crippen molar-refractivity contribution in [3.05, 3.63) is 95.8 Å². The predicted octanol–water partition coefficient (Wildman–Crippen LogP) is 4.85. The van der Waals surface area contributed by atoms with E-state index in [1.165, 1.54) is 7.11 Å². The lowest BCUT2D eigenvalue weighted by Crippen LogP contribution is -2.66. The number of ether oxygens (including phenoxy) is 3. The number of methoxy groups -OCH3 is 2. The van der Waals surface area contributed by atoms with Crippen molar-refractivity contribution in [1.29, 1.82) is 0 Å². The quantitative estimate of drug-likeness (QED) is 0.311. The summed E-state index contributed by atoms with van der Waals surface area (Å²) in [5.74, 6) is 1.06. The molecule has 0 saturated heterocycles. The second-order valence-corrected chi connectivity index (χ2v) is 15.3. The molecule has 0 saturated carbocycles. The number of aliphatic hydroxyl groups is 1. The number of benzene rings is 3. The highest BCUT2D eigenvalue weighted by molar-refractivity contribution is 6.99. The van der Waals surface area contributed by atoms with Crippen molar-refractivity contribution in [3.63, 3.8) is 0 Å². The van der Waals surface area contributed by atoms with Crippen LogP contribution in [-0.4, -0.2) is 50.3 Å². The maximum absolute atomic E-state index is 10.5. The molecule has 2 atom stereocenters. The minimum absolute atomic E-state index is 0.207. The molecule has 0 amide bonds. The smallest absolute Gasteiger partial charge is 0.320 e. The van der Waals surface area contributed by atoms with Crippen LogP contribution >= 0.6 is 0 Å². The molecule has 2 heterocycles. The van der Waals surface area contributed by atoms with Crippen LogP contribution in [0.4, 0.5) is 0 Å². The summed E-state index contributed by atoms with van der Waals surface area (Å²) in [7, 11) is 0.180. The third kappa shape index (κ3) is 4.87. The van der Waals surface area contributed by atoms with E-state index in [4.69, 9.17) is 18.6 Å². The average Bonchev–Trinajstić information content (AvgIpc) is 3.37. The van der Waals surface area contributed by atoms with Crippen LogP contribution < -0.4 is 19.8 Å². The Morgan fingerprint density at radius 1 is 0.900 bits per heavy atom. The van der Waals surface area contributed by atoms with Gasteiger partial charge in [0.2, 0.25) is 5.88 Å². The normalized spacial score (nSPS) is 17.5. The minimum atomic E-state index is -2.92. The van der Waals surface area contributed by atoms with E-state index in [1.54, 1.807) is 7.11 Å². The van der Waals surface area contributed by atoms with Gasteiger partial charge in [0, 0.05) is 5.56 Å². The van der Waals surface area contributed by atoms with Crippen molar-refractivity contribution >= 4 is 29.6 Å². The molecule has 1 aliphatic heterocycles. The fraction of sp³-hybridized carbons (Fsp3) is 0.312. The molecule has 4 aromatic rings. The summed E-state index contributed by atoms with van der Waals surface area (Å²) in [6.45, 7) is 8.47. The summed E-state index contributed by atoms with van der Waals surface area (Å²) < 4.78 is 24.6. The van der Waals surface area contributed by atoms with Crippen molar-refractivity contribution in [2.75, 3.05) is 20.8 Å². The van der Waals surface area contributed by atoms with Crippen LogP contribution in [0.25, 0.3) is 10.9 Å². The molecular formula is C32H36N2O5Si. The molecular weight excluding hydrogens is 520 g/mol. The lowest BCUT2D eigenvalue weighted by molar-refractivity contribution is 0.00779. The molecule has 3 aromatic carbocycles. The number of hydrogen-bond donors (Lipinski definition) is 1. The van der Waals surface area contributed by atoms with Crippen LogP contribution in [-0.2, 0) is 9.16 Å². The molecule has 5 rings (SSSR count). The van der Waals surface area contributed by atoms with Crippen LogP contribution in [0.15, 0.2) is 84.6 Å². The summed E-state index contributed by atoms with van der Waals surface area (Å²) in [5, 5.41) is 13.3.